The number of thiazole rings is 1. The van der Waals surface area contributed by atoms with Gasteiger partial charge in [-0.3, -0.25) is 15.5 Å². The zero-order chi connectivity index (χ0) is 15.5. The van der Waals surface area contributed by atoms with E-state index in [1.165, 1.54) is 23.5 Å². The first-order chi connectivity index (χ1) is 10.6. The Bertz CT molecular complexity index is 840. The van der Waals surface area contributed by atoms with Gasteiger partial charge in [0.05, 0.1) is 20.9 Å². The highest BCUT2D eigenvalue weighted by Crippen LogP contribution is 2.25. The zero-order valence-corrected chi connectivity index (χ0v) is 12.5. The highest BCUT2D eigenvalue weighted by molar-refractivity contribution is 7.22. The van der Waals surface area contributed by atoms with Crippen LogP contribution >= 0.6 is 11.3 Å². The van der Waals surface area contributed by atoms with Crippen molar-refractivity contribution in [3.8, 4) is 0 Å². The number of nitro benzene ring substituents is 1. The lowest BCUT2D eigenvalue weighted by atomic mass is 10.1. The molecule has 0 radical (unpaired) electrons. The van der Waals surface area contributed by atoms with Gasteiger partial charge in [0.2, 0.25) is 5.13 Å². The summed E-state index contributed by atoms with van der Waals surface area (Å²) in [5.41, 5.74) is 5.22. The molecule has 0 spiro atoms. The van der Waals surface area contributed by atoms with E-state index in [2.05, 4.69) is 15.5 Å². The van der Waals surface area contributed by atoms with Gasteiger partial charge >= 0.3 is 0 Å². The second kappa shape index (κ2) is 5.90. The van der Waals surface area contributed by atoms with Crippen LogP contribution in [0.2, 0.25) is 0 Å². The Kier molecular flexibility index (Phi) is 3.80. The van der Waals surface area contributed by atoms with Gasteiger partial charge < -0.3 is 0 Å². The average molecular weight is 312 g/mol. The molecule has 0 aliphatic heterocycles. The molecule has 6 nitrogen and oxygen atoms in total. The lowest BCUT2D eigenvalue weighted by molar-refractivity contribution is -0.384. The number of nitrogens with one attached hydrogen (secondary N) is 1. The Hall–Kier alpha value is -2.80. The number of nitro groups is 1. The van der Waals surface area contributed by atoms with E-state index < -0.39 is 4.92 Å². The molecule has 0 amide bonds. The molecule has 0 atom stereocenters. The molecule has 22 heavy (non-hydrogen) atoms. The summed E-state index contributed by atoms with van der Waals surface area (Å²) in [6.07, 6.45) is 0. The molecule has 2 aromatic carbocycles. The van der Waals surface area contributed by atoms with Crippen LogP contribution in [-0.2, 0) is 0 Å². The van der Waals surface area contributed by atoms with Gasteiger partial charge in [0, 0.05) is 17.7 Å². The van der Waals surface area contributed by atoms with Crippen LogP contribution in [0.3, 0.4) is 0 Å². The van der Waals surface area contributed by atoms with E-state index in [1.807, 2.05) is 24.3 Å². The van der Waals surface area contributed by atoms with Crippen LogP contribution in [-0.4, -0.2) is 15.6 Å². The molecule has 110 valence electrons. The maximum absolute atomic E-state index is 10.8. The van der Waals surface area contributed by atoms with Gasteiger partial charge in [-0.15, -0.1) is 0 Å². The molecule has 0 saturated heterocycles. The number of fused-ring (bicyclic) bond motifs is 1. The van der Waals surface area contributed by atoms with Crippen LogP contribution in [0.1, 0.15) is 12.5 Å². The summed E-state index contributed by atoms with van der Waals surface area (Å²) >= 11 is 1.50. The van der Waals surface area contributed by atoms with Crippen molar-refractivity contribution >= 4 is 38.1 Å². The van der Waals surface area contributed by atoms with Gasteiger partial charge in [0.15, 0.2) is 0 Å². The number of benzene rings is 2. The summed E-state index contributed by atoms with van der Waals surface area (Å²) in [4.78, 5) is 14.8. The number of nitrogens with zero attached hydrogens (tertiary/aromatic N) is 3. The summed E-state index contributed by atoms with van der Waals surface area (Å²) in [7, 11) is 0. The second-order valence-electron chi connectivity index (χ2n) is 4.60. The van der Waals surface area contributed by atoms with E-state index in [1.54, 1.807) is 19.1 Å². The van der Waals surface area contributed by atoms with E-state index >= 15 is 0 Å². The molecule has 1 heterocycles. The third-order valence-electron chi connectivity index (χ3n) is 3.09. The van der Waals surface area contributed by atoms with E-state index in [4.69, 9.17) is 0 Å². The molecular weight excluding hydrogens is 300 g/mol. The van der Waals surface area contributed by atoms with Gasteiger partial charge in [-0.05, 0) is 19.1 Å². The number of anilines is 1. The Balaban J connectivity index is 1.82. The van der Waals surface area contributed by atoms with Crippen molar-refractivity contribution in [2.45, 2.75) is 6.92 Å². The molecule has 0 saturated carbocycles. The van der Waals surface area contributed by atoms with Crippen molar-refractivity contribution < 1.29 is 4.92 Å². The quantitative estimate of drug-likeness (QED) is 0.448. The monoisotopic (exact) mass is 312 g/mol. The largest absolute Gasteiger partial charge is 0.270 e. The van der Waals surface area contributed by atoms with Crippen LogP contribution in [0, 0.1) is 10.1 Å². The van der Waals surface area contributed by atoms with Crippen LogP contribution in [0.4, 0.5) is 10.8 Å². The normalized spacial score (nSPS) is 11.6. The number of hydrogen-bond acceptors (Lipinski definition) is 6. The van der Waals surface area contributed by atoms with Crippen molar-refractivity contribution in [1.82, 2.24) is 4.98 Å². The lowest BCUT2D eigenvalue weighted by Gasteiger charge is -2.01. The van der Waals surface area contributed by atoms with Crippen molar-refractivity contribution in [1.29, 1.82) is 0 Å². The maximum Gasteiger partial charge on any atom is 0.270 e. The predicted octanol–water partition coefficient (Wildman–Crippen LogP) is 4.04. The Morgan fingerprint density at radius 1 is 1.27 bits per heavy atom. The van der Waals surface area contributed by atoms with Crippen molar-refractivity contribution in [2.75, 3.05) is 5.43 Å². The third-order valence-corrected chi connectivity index (χ3v) is 4.03. The number of aromatic nitrogens is 1. The highest BCUT2D eigenvalue weighted by atomic mass is 32.1. The smallest absolute Gasteiger partial charge is 0.258 e. The maximum atomic E-state index is 10.8. The van der Waals surface area contributed by atoms with E-state index in [0.29, 0.717) is 16.4 Å². The van der Waals surface area contributed by atoms with Crippen LogP contribution in [0.15, 0.2) is 53.6 Å². The van der Waals surface area contributed by atoms with Gasteiger partial charge in [-0.2, -0.15) is 5.10 Å². The predicted molar refractivity (Wildman–Crippen MR) is 88.6 cm³/mol. The highest BCUT2D eigenvalue weighted by Gasteiger charge is 2.07. The molecule has 0 bridgehead atoms. The van der Waals surface area contributed by atoms with Crippen LogP contribution in [0.25, 0.3) is 10.2 Å². The minimum Gasteiger partial charge on any atom is -0.258 e. The van der Waals surface area contributed by atoms with E-state index in [0.717, 1.165) is 10.2 Å². The summed E-state index contributed by atoms with van der Waals surface area (Å²) in [5.74, 6) is 0. The molecule has 1 aromatic heterocycles. The summed E-state index contributed by atoms with van der Waals surface area (Å²) in [6, 6.07) is 14.2. The van der Waals surface area contributed by atoms with Gasteiger partial charge in [0.1, 0.15) is 0 Å². The number of rotatable bonds is 4. The molecule has 3 aromatic rings. The Labute approximate surface area is 130 Å². The Morgan fingerprint density at radius 2 is 2.09 bits per heavy atom. The topological polar surface area (TPSA) is 80.4 Å². The molecule has 0 aliphatic rings. The molecule has 0 aliphatic carbocycles. The summed E-state index contributed by atoms with van der Waals surface area (Å²) in [6.45, 7) is 1.79. The average Bonchev–Trinajstić information content (AvgIpc) is 2.95. The summed E-state index contributed by atoms with van der Waals surface area (Å²) < 4.78 is 1.08. The van der Waals surface area contributed by atoms with E-state index in [9.17, 15) is 10.1 Å². The second-order valence-corrected chi connectivity index (χ2v) is 5.63. The van der Waals surface area contributed by atoms with Gasteiger partial charge in [0.25, 0.3) is 5.69 Å². The fourth-order valence-corrected chi connectivity index (χ4v) is 2.77. The molecular formula is C15H12N4O2S. The molecule has 1 N–H and O–H groups in total. The minimum atomic E-state index is -0.419. The molecule has 3 rings (SSSR count). The standard InChI is InChI=1S/C15H12N4O2S/c1-10(11-5-4-6-12(9-11)19(20)21)17-18-15-16-13-7-2-3-8-14(13)22-15/h2-9H,1H3,(H,16,18)/b17-10+. The fraction of sp³-hybridized carbons (Fsp3) is 0.0667. The van der Waals surface area contributed by atoms with E-state index in [-0.39, 0.29) is 5.69 Å². The first-order valence-corrected chi connectivity index (χ1v) is 7.36. The number of hydrazone groups is 1. The number of para-hydroxylation sites is 1. The molecule has 7 heteroatoms. The fourth-order valence-electron chi connectivity index (χ4n) is 1.96. The molecule has 0 fully saturated rings. The first-order valence-electron chi connectivity index (χ1n) is 6.54. The molecule has 0 unspecified atom stereocenters. The summed E-state index contributed by atoms with van der Waals surface area (Å²) in [5, 5.41) is 15.7. The van der Waals surface area contributed by atoms with Gasteiger partial charge in [-0.1, -0.05) is 35.6 Å². The van der Waals surface area contributed by atoms with Gasteiger partial charge in [-0.25, -0.2) is 4.98 Å². The first kappa shape index (κ1) is 14.2. The third kappa shape index (κ3) is 2.94. The minimum absolute atomic E-state index is 0.0482. The van der Waals surface area contributed by atoms with Crippen molar-refractivity contribution in [3.05, 3.63) is 64.2 Å². The number of hydrogen-bond donors (Lipinski definition) is 1. The van der Waals surface area contributed by atoms with Crippen LogP contribution < -0.4 is 5.43 Å². The lowest BCUT2D eigenvalue weighted by Crippen LogP contribution is -2.00. The Morgan fingerprint density at radius 3 is 2.86 bits per heavy atom. The van der Waals surface area contributed by atoms with Crippen LogP contribution in [0.5, 0.6) is 0 Å². The number of non-ortho nitro benzene ring substituents is 1. The van der Waals surface area contributed by atoms with Crippen molar-refractivity contribution in [2.24, 2.45) is 5.10 Å². The van der Waals surface area contributed by atoms with Crippen molar-refractivity contribution in [3.63, 3.8) is 0 Å². The SMILES string of the molecule is C/C(=N\Nc1nc2ccccc2s1)c1cccc([N+](=O)[O-])c1. The zero-order valence-electron chi connectivity index (χ0n) is 11.7.